The van der Waals surface area contributed by atoms with Gasteiger partial charge in [0.15, 0.2) is 14.1 Å². The Balaban J connectivity index is 5.16. The van der Waals surface area contributed by atoms with Crippen LogP contribution in [-0.2, 0) is 20.0 Å². The summed E-state index contributed by atoms with van der Waals surface area (Å²) < 4.78 is 47.7. The molecule has 0 unspecified atom stereocenters. The second-order valence-electron chi connectivity index (χ2n) is 1.62. The zero-order valence-electron chi connectivity index (χ0n) is 5.10. The van der Waals surface area contributed by atoms with Gasteiger partial charge >= 0.3 is 10.1 Å². The van der Waals surface area contributed by atoms with E-state index in [1.165, 1.54) is 0 Å². The van der Waals surface area contributed by atoms with E-state index in [0.717, 1.165) is 0 Å². The molecule has 0 spiro atoms. The van der Waals surface area contributed by atoms with Crippen molar-refractivity contribution in [3.8, 4) is 0 Å². The third-order valence-electron chi connectivity index (χ3n) is 0.701. The maximum absolute atomic E-state index is 10.3. The molecule has 0 saturated carbocycles. The van der Waals surface area contributed by atoms with E-state index < -0.39 is 24.2 Å². The molecule has 0 aliphatic carbocycles. The first-order valence-corrected chi connectivity index (χ1v) is 5.35. The van der Waals surface area contributed by atoms with Gasteiger partial charge in [0.25, 0.3) is 0 Å². The van der Waals surface area contributed by atoms with E-state index in [1.807, 2.05) is 0 Å². The summed E-state index contributed by atoms with van der Waals surface area (Å²) in [5, 5.41) is 0. The Morgan fingerprint density at radius 3 is 1.60 bits per heavy atom. The number of hydrogen-bond donors (Lipinski definition) is 1. The molecular weight excluding hydrogens is 180 g/mol. The predicted molar refractivity (Wildman–Crippen MR) is 35.5 cm³/mol. The molecular formula is C3H6O5S2. The van der Waals surface area contributed by atoms with Gasteiger partial charge in [0, 0.05) is 6.26 Å². The number of sulfone groups is 1. The highest BCUT2D eigenvalue weighted by Gasteiger charge is 2.21. The molecule has 0 aromatic rings. The molecule has 0 rings (SSSR count). The minimum Gasteiger partial charge on any atom is -0.281 e. The fourth-order valence-electron chi connectivity index (χ4n) is 0.191. The normalized spacial score (nSPS) is 13.0. The molecule has 5 nitrogen and oxygen atoms in total. The van der Waals surface area contributed by atoms with Crippen LogP contribution in [-0.4, -0.2) is 27.6 Å². The first kappa shape index (κ1) is 9.60. The minimum absolute atomic E-state index is 0.642. The zero-order valence-corrected chi connectivity index (χ0v) is 6.74. The van der Waals surface area contributed by atoms with Crippen LogP contribution in [0.4, 0.5) is 0 Å². The van der Waals surface area contributed by atoms with Gasteiger partial charge < -0.3 is 0 Å². The summed E-state index contributed by atoms with van der Waals surface area (Å²) in [6.07, 6.45) is 0.642. The van der Waals surface area contributed by atoms with Crippen molar-refractivity contribution >= 4 is 20.0 Å². The van der Waals surface area contributed by atoms with E-state index in [0.29, 0.717) is 6.26 Å². The molecule has 0 radical (unpaired) electrons. The molecule has 1 N–H and O–H groups in total. The largest absolute Gasteiger partial charge is 0.305 e. The van der Waals surface area contributed by atoms with E-state index in [1.54, 1.807) is 0 Å². The first-order chi connectivity index (χ1) is 4.15. The molecule has 0 atom stereocenters. The molecule has 0 bridgehead atoms. The smallest absolute Gasteiger partial charge is 0.281 e. The topological polar surface area (TPSA) is 88.5 Å². The predicted octanol–water partition coefficient (Wildman–Crippen LogP) is -0.610. The summed E-state index contributed by atoms with van der Waals surface area (Å²) in [7, 11) is -8.54. The summed E-state index contributed by atoms with van der Waals surface area (Å²) in [5.74, 6) is 0. The average Bonchev–Trinajstić information content (AvgIpc) is 1.59. The maximum atomic E-state index is 10.3. The van der Waals surface area contributed by atoms with Gasteiger partial charge in [0.2, 0.25) is 0 Å². The standard InChI is InChI=1S/C3H6O5S2/c1-3(9(2,4)5)10(6,7)8/h1H2,2H3,(H,6,7,8). The molecule has 10 heavy (non-hydrogen) atoms. The lowest BCUT2D eigenvalue weighted by Crippen LogP contribution is -2.09. The first-order valence-electron chi connectivity index (χ1n) is 2.02. The van der Waals surface area contributed by atoms with Crippen molar-refractivity contribution < 1.29 is 21.4 Å². The van der Waals surface area contributed by atoms with Crippen molar-refractivity contribution in [2.45, 2.75) is 0 Å². The zero-order chi connectivity index (χ0) is 8.58. The van der Waals surface area contributed by atoms with E-state index in [2.05, 4.69) is 6.58 Å². The molecule has 0 amide bonds. The van der Waals surface area contributed by atoms with Crippen molar-refractivity contribution in [2.75, 3.05) is 6.26 Å². The van der Waals surface area contributed by atoms with E-state index in [4.69, 9.17) is 4.55 Å². The molecule has 0 aromatic heterocycles. The van der Waals surface area contributed by atoms with Gasteiger partial charge in [-0.05, 0) is 0 Å². The van der Waals surface area contributed by atoms with Gasteiger partial charge in [-0.3, -0.25) is 4.55 Å². The van der Waals surface area contributed by atoms with E-state index in [9.17, 15) is 16.8 Å². The Bertz CT molecular complexity index is 297. The van der Waals surface area contributed by atoms with Crippen LogP contribution >= 0.6 is 0 Å². The third kappa shape index (κ3) is 2.46. The summed E-state index contributed by atoms with van der Waals surface area (Å²) in [6, 6.07) is 0. The Morgan fingerprint density at radius 2 is 1.60 bits per heavy atom. The summed E-state index contributed by atoms with van der Waals surface area (Å²) in [4.78, 5) is 0. The monoisotopic (exact) mass is 186 g/mol. The van der Waals surface area contributed by atoms with Crippen molar-refractivity contribution in [2.24, 2.45) is 0 Å². The van der Waals surface area contributed by atoms with Crippen LogP contribution in [0.5, 0.6) is 0 Å². The highest BCUT2D eigenvalue weighted by molar-refractivity contribution is 8.11. The molecule has 7 heteroatoms. The number of hydrogen-bond acceptors (Lipinski definition) is 4. The van der Waals surface area contributed by atoms with Gasteiger partial charge in [-0.2, -0.15) is 8.42 Å². The highest BCUT2D eigenvalue weighted by atomic mass is 32.3. The lowest BCUT2D eigenvalue weighted by molar-refractivity contribution is 0.493. The average molecular weight is 186 g/mol. The number of rotatable bonds is 2. The van der Waals surface area contributed by atoms with Crippen molar-refractivity contribution in [3.05, 3.63) is 10.8 Å². The van der Waals surface area contributed by atoms with Crippen LogP contribution in [0.1, 0.15) is 0 Å². The molecule has 0 fully saturated rings. The fraction of sp³-hybridized carbons (Fsp3) is 0.333. The fourth-order valence-corrected chi connectivity index (χ4v) is 1.72. The molecule has 0 saturated heterocycles. The third-order valence-corrected chi connectivity index (χ3v) is 3.64. The maximum Gasteiger partial charge on any atom is 0.305 e. The van der Waals surface area contributed by atoms with Gasteiger partial charge in [-0.1, -0.05) is 6.58 Å². The second kappa shape index (κ2) is 2.33. The lowest BCUT2D eigenvalue weighted by atomic mass is 11.3. The summed E-state index contributed by atoms with van der Waals surface area (Å²) in [6.45, 7) is 2.67. The summed E-state index contributed by atoms with van der Waals surface area (Å²) in [5.41, 5.74) is 0. The summed E-state index contributed by atoms with van der Waals surface area (Å²) >= 11 is 0. The highest BCUT2D eigenvalue weighted by Crippen LogP contribution is 2.07. The quantitative estimate of drug-likeness (QED) is 0.581. The van der Waals surface area contributed by atoms with Crippen molar-refractivity contribution in [1.82, 2.24) is 0 Å². The molecule has 0 aliphatic heterocycles. The Morgan fingerprint density at radius 1 is 1.30 bits per heavy atom. The molecule has 0 heterocycles. The molecule has 0 aliphatic rings. The minimum atomic E-state index is -4.64. The van der Waals surface area contributed by atoms with Gasteiger partial charge in [0.1, 0.15) is 0 Å². The Kier molecular flexibility index (Phi) is 2.24. The van der Waals surface area contributed by atoms with E-state index in [-0.39, 0.29) is 0 Å². The second-order valence-corrected chi connectivity index (χ2v) is 5.36. The van der Waals surface area contributed by atoms with Gasteiger partial charge in [-0.15, -0.1) is 0 Å². The molecule has 0 aromatic carbocycles. The van der Waals surface area contributed by atoms with Crippen LogP contribution in [0.2, 0.25) is 0 Å². The van der Waals surface area contributed by atoms with Crippen LogP contribution in [0, 0.1) is 0 Å². The van der Waals surface area contributed by atoms with Crippen LogP contribution in [0.3, 0.4) is 0 Å². The molecule has 60 valence electrons. The lowest BCUT2D eigenvalue weighted by Gasteiger charge is -1.95. The van der Waals surface area contributed by atoms with Crippen LogP contribution in [0.15, 0.2) is 10.8 Å². The van der Waals surface area contributed by atoms with Crippen LogP contribution < -0.4 is 0 Å². The van der Waals surface area contributed by atoms with Crippen molar-refractivity contribution in [1.29, 1.82) is 0 Å². The van der Waals surface area contributed by atoms with Gasteiger partial charge in [0.05, 0.1) is 0 Å². The van der Waals surface area contributed by atoms with Gasteiger partial charge in [-0.25, -0.2) is 8.42 Å². The van der Waals surface area contributed by atoms with Crippen molar-refractivity contribution in [3.63, 3.8) is 0 Å². The Labute approximate surface area is 59.0 Å². The van der Waals surface area contributed by atoms with Crippen LogP contribution in [0.25, 0.3) is 0 Å². The van der Waals surface area contributed by atoms with E-state index >= 15 is 0 Å². The SMILES string of the molecule is C=C(S(C)(=O)=O)S(=O)(=O)O. The Hall–Kier alpha value is -0.400.